The Morgan fingerprint density at radius 3 is 3.05 bits per heavy atom. The van der Waals surface area contributed by atoms with E-state index in [1.54, 1.807) is 12.1 Å². The van der Waals surface area contributed by atoms with Gasteiger partial charge < -0.3 is 15.4 Å². The molecule has 0 aromatic heterocycles. The summed E-state index contributed by atoms with van der Waals surface area (Å²) < 4.78 is 6.63. The number of morpholine rings is 1. The quantitative estimate of drug-likeness (QED) is 0.807. The van der Waals surface area contributed by atoms with Gasteiger partial charge in [0.1, 0.15) is 0 Å². The summed E-state index contributed by atoms with van der Waals surface area (Å²) in [6, 6.07) is 5.65. The van der Waals surface area contributed by atoms with E-state index in [1.165, 1.54) is 0 Å². The minimum absolute atomic E-state index is 0.0326. The van der Waals surface area contributed by atoms with E-state index in [0.29, 0.717) is 24.4 Å². The van der Waals surface area contributed by atoms with Gasteiger partial charge in [0, 0.05) is 16.7 Å². The molecule has 1 aliphatic heterocycles. The van der Waals surface area contributed by atoms with Crippen LogP contribution >= 0.6 is 15.9 Å². The summed E-state index contributed by atoms with van der Waals surface area (Å²) in [7, 11) is 0. The molecule has 5 heteroatoms. The van der Waals surface area contributed by atoms with Gasteiger partial charge in [0.2, 0.25) is 0 Å². The predicted molar refractivity (Wildman–Crippen MR) is 77.0 cm³/mol. The van der Waals surface area contributed by atoms with Gasteiger partial charge >= 0.3 is 0 Å². The van der Waals surface area contributed by atoms with Crippen molar-refractivity contribution >= 4 is 27.5 Å². The van der Waals surface area contributed by atoms with Gasteiger partial charge in [-0.05, 0) is 37.5 Å². The van der Waals surface area contributed by atoms with Crippen molar-refractivity contribution in [2.45, 2.75) is 31.4 Å². The second kappa shape index (κ2) is 5.13. The molecular weight excluding hydrogens is 308 g/mol. The molecule has 0 bridgehead atoms. The molecule has 1 aromatic carbocycles. The number of rotatable bonds is 1. The number of nitrogens with two attached hydrogens (primary N) is 1. The van der Waals surface area contributed by atoms with Gasteiger partial charge in [0.15, 0.2) is 0 Å². The number of hydrogen-bond donors (Lipinski definition) is 1. The summed E-state index contributed by atoms with van der Waals surface area (Å²) in [5.74, 6) is 0.0326. The molecule has 2 fully saturated rings. The van der Waals surface area contributed by atoms with Crippen LogP contribution in [-0.2, 0) is 4.74 Å². The highest BCUT2D eigenvalue weighted by Gasteiger charge is 2.38. The fraction of sp³-hybridized carbons (Fsp3) is 0.500. The Morgan fingerprint density at radius 1 is 1.42 bits per heavy atom. The van der Waals surface area contributed by atoms with Crippen LogP contribution in [0.15, 0.2) is 22.7 Å². The Hall–Kier alpha value is -1.07. The lowest BCUT2D eigenvalue weighted by molar-refractivity contribution is -0.0445. The number of nitrogens with zero attached hydrogens (tertiary/aromatic N) is 1. The Kier molecular flexibility index (Phi) is 3.50. The van der Waals surface area contributed by atoms with Crippen LogP contribution in [0.5, 0.6) is 0 Å². The first kappa shape index (κ1) is 12.9. The van der Waals surface area contributed by atoms with Gasteiger partial charge in [-0.2, -0.15) is 0 Å². The van der Waals surface area contributed by atoms with Crippen molar-refractivity contribution in [1.82, 2.24) is 4.90 Å². The van der Waals surface area contributed by atoms with Gasteiger partial charge in [0.05, 0.1) is 24.3 Å². The monoisotopic (exact) mass is 324 g/mol. The molecule has 2 atom stereocenters. The number of anilines is 1. The van der Waals surface area contributed by atoms with Crippen molar-refractivity contribution in [3.8, 4) is 0 Å². The Bertz CT molecular complexity index is 506. The highest BCUT2D eigenvalue weighted by molar-refractivity contribution is 9.10. The first-order valence-corrected chi connectivity index (χ1v) is 7.44. The Labute approximate surface area is 121 Å². The van der Waals surface area contributed by atoms with Crippen molar-refractivity contribution in [3.63, 3.8) is 0 Å². The number of nitrogen functional groups attached to an aromatic ring is 1. The zero-order valence-corrected chi connectivity index (χ0v) is 12.2. The van der Waals surface area contributed by atoms with Gasteiger partial charge in [0.25, 0.3) is 5.91 Å². The summed E-state index contributed by atoms with van der Waals surface area (Å²) in [5, 5.41) is 0. The Morgan fingerprint density at radius 2 is 2.26 bits per heavy atom. The van der Waals surface area contributed by atoms with E-state index < -0.39 is 0 Å². The van der Waals surface area contributed by atoms with E-state index in [9.17, 15) is 4.79 Å². The van der Waals surface area contributed by atoms with Crippen molar-refractivity contribution in [1.29, 1.82) is 0 Å². The van der Waals surface area contributed by atoms with Crippen LogP contribution in [0.3, 0.4) is 0 Å². The average Bonchev–Trinajstić information content (AvgIpc) is 2.86. The lowest BCUT2D eigenvalue weighted by Crippen LogP contribution is -2.51. The number of ether oxygens (including phenoxy) is 1. The lowest BCUT2D eigenvalue weighted by atomic mass is 10.1. The molecule has 0 spiro atoms. The van der Waals surface area contributed by atoms with E-state index in [-0.39, 0.29) is 18.1 Å². The maximum Gasteiger partial charge on any atom is 0.256 e. The molecule has 1 aliphatic carbocycles. The van der Waals surface area contributed by atoms with E-state index >= 15 is 0 Å². The topological polar surface area (TPSA) is 55.6 Å². The largest absolute Gasteiger partial charge is 0.398 e. The molecule has 4 nitrogen and oxygen atoms in total. The third kappa shape index (κ3) is 2.37. The summed E-state index contributed by atoms with van der Waals surface area (Å²) in [6.45, 7) is 1.29. The number of benzene rings is 1. The maximum atomic E-state index is 12.6. The zero-order valence-electron chi connectivity index (χ0n) is 10.6. The number of fused-ring (bicyclic) bond motifs is 1. The van der Waals surface area contributed by atoms with Gasteiger partial charge in [-0.25, -0.2) is 0 Å². The molecule has 1 amide bonds. The van der Waals surface area contributed by atoms with Crippen LogP contribution < -0.4 is 5.73 Å². The SMILES string of the molecule is Nc1cc(Br)ccc1C(=O)N1CCOC2CCCC21. The van der Waals surface area contributed by atoms with E-state index in [2.05, 4.69) is 15.9 Å². The van der Waals surface area contributed by atoms with Crippen LogP contribution in [0.25, 0.3) is 0 Å². The van der Waals surface area contributed by atoms with Gasteiger partial charge in [-0.1, -0.05) is 15.9 Å². The fourth-order valence-corrected chi connectivity index (χ4v) is 3.44. The molecule has 19 heavy (non-hydrogen) atoms. The third-order valence-corrected chi connectivity index (χ3v) is 4.48. The van der Waals surface area contributed by atoms with Crippen LogP contribution in [0.1, 0.15) is 29.6 Å². The highest BCUT2D eigenvalue weighted by Crippen LogP contribution is 2.31. The molecule has 1 saturated carbocycles. The molecule has 3 rings (SSSR count). The molecule has 1 aromatic rings. The number of carbonyl (C=O) groups is 1. The second-order valence-corrected chi connectivity index (χ2v) is 6.05. The zero-order chi connectivity index (χ0) is 13.4. The van der Waals surface area contributed by atoms with Crippen LogP contribution in [0, 0.1) is 0 Å². The van der Waals surface area contributed by atoms with E-state index in [4.69, 9.17) is 10.5 Å². The summed E-state index contributed by atoms with van der Waals surface area (Å²) in [4.78, 5) is 14.6. The standard InChI is InChI=1S/C14H17BrN2O2/c15-9-4-5-10(11(16)8-9)14(18)17-6-7-19-13-3-1-2-12(13)17/h4-5,8,12-13H,1-3,6-7,16H2. The summed E-state index contributed by atoms with van der Waals surface area (Å²) in [5.41, 5.74) is 7.08. The van der Waals surface area contributed by atoms with E-state index in [1.807, 2.05) is 11.0 Å². The molecule has 2 N–H and O–H groups in total. The van der Waals surface area contributed by atoms with Crippen LogP contribution in [0.2, 0.25) is 0 Å². The molecule has 1 heterocycles. The van der Waals surface area contributed by atoms with Crippen molar-refractivity contribution < 1.29 is 9.53 Å². The minimum atomic E-state index is 0.0326. The molecule has 0 radical (unpaired) electrons. The predicted octanol–water partition coefficient (Wildman–Crippen LogP) is 2.42. The Balaban J connectivity index is 1.86. The molecule has 1 saturated heterocycles. The van der Waals surface area contributed by atoms with Crippen molar-refractivity contribution in [2.75, 3.05) is 18.9 Å². The minimum Gasteiger partial charge on any atom is -0.398 e. The van der Waals surface area contributed by atoms with Crippen molar-refractivity contribution in [2.24, 2.45) is 0 Å². The lowest BCUT2D eigenvalue weighted by Gasteiger charge is -2.37. The summed E-state index contributed by atoms with van der Waals surface area (Å²) >= 11 is 3.36. The normalized spacial score (nSPS) is 26.3. The van der Waals surface area contributed by atoms with Crippen LogP contribution in [-0.4, -0.2) is 36.1 Å². The molecule has 102 valence electrons. The smallest absolute Gasteiger partial charge is 0.256 e. The third-order valence-electron chi connectivity index (χ3n) is 3.99. The average molecular weight is 325 g/mol. The molecule has 2 unspecified atom stereocenters. The second-order valence-electron chi connectivity index (χ2n) is 5.14. The van der Waals surface area contributed by atoms with Crippen molar-refractivity contribution in [3.05, 3.63) is 28.2 Å². The van der Waals surface area contributed by atoms with Gasteiger partial charge in [-0.15, -0.1) is 0 Å². The molecular formula is C14H17BrN2O2. The fourth-order valence-electron chi connectivity index (χ4n) is 3.06. The first-order chi connectivity index (χ1) is 9.16. The van der Waals surface area contributed by atoms with Crippen LogP contribution in [0.4, 0.5) is 5.69 Å². The maximum absolute atomic E-state index is 12.6. The highest BCUT2D eigenvalue weighted by atomic mass is 79.9. The van der Waals surface area contributed by atoms with Gasteiger partial charge in [-0.3, -0.25) is 4.79 Å². The number of hydrogen-bond acceptors (Lipinski definition) is 3. The van der Waals surface area contributed by atoms with E-state index in [0.717, 1.165) is 23.7 Å². The number of amides is 1. The summed E-state index contributed by atoms with van der Waals surface area (Å²) in [6.07, 6.45) is 3.45. The number of carbonyl (C=O) groups excluding carboxylic acids is 1. The first-order valence-electron chi connectivity index (χ1n) is 6.64. The molecule has 2 aliphatic rings. The number of halogens is 1.